The van der Waals surface area contributed by atoms with Crippen LogP contribution in [0.3, 0.4) is 0 Å². The van der Waals surface area contributed by atoms with Gasteiger partial charge in [-0.05, 0) is 49.7 Å². The summed E-state index contributed by atoms with van der Waals surface area (Å²) in [6, 6.07) is 14.7. The number of rotatable bonds is 7. The van der Waals surface area contributed by atoms with Gasteiger partial charge in [0.15, 0.2) is 6.29 Å². The maximum Gasteiger partial charge on any atom is 0.295 e. The molecule has 0 radical (unpaired) electrons. The first-order chi connectivity index (χ1) is 16.7. The number of hydrogen-bond acceptors (Lipinski definition) is 8. The van der Waals surface area contributed by atoms with Gasteiger partial charge in [0.25, 0.3) is 10.1 Å². The van der Waals surface area contributed by atoms with Gasteiger partial charge in [0.2, 0.25) is 0 Å². The third kappa shape index (κ3) is 4.88. The molecule has 0 aliphatic heterocycles. The summed E-state index contributed by atoms with van der Waals surface area (Å²) in [5.41, 5.74) is 9.48. The molecule has 0 fully saturated rings. The molecule has 3 aromatic carbocycles. The summed E-state index contributed by atoms with van der Waals surface area (Å²) < 4.78 is 39.2. The first kappa shape index (κ1) is 24.0. The number of aryl methyl sites for hydroxylation is 1. The van der Waals surface area contributed by atoms with E-state index in [-0.39, 0.29) is 21.7 Å². The van der Waals surface area contributed by atoms with Crippen LogP contribution in [0.2, 0.25) is 0 Å². The van der Waals surface area contributed by atoms with Crippen molar-refractivity contribution < 1.29 is 22.5 Å². The molecule has 0 aliphatic carbocycles. The highest BCUT2D eigenvalue weighted by atomic mass is 32.2. The van der Waals surface area contributed by atoms with Crippen molar-refractivity contribution in [2.75, 3.05) is 12.3 Å². The van der Waals surface area contributed by atoms with Crippen molar-refractivity contribution in [3.63, 3.8) is 0 Å². The van der Waals surface area contributed by atoms with Crippen molar-refractivity contribution >= 4 is 44.2 Å². The van der Waals surface area contributed by atoms with Crippen molar-refractivity contribution in [3.05, 3.63) is 71.9 Å². The van der Waals surface area contributed by atoms with Gasteiger partial charge in [0, 0.05) is 16.3 Å². The van der Waals surface area contributed by atoms with Crippen molar-refractivity contribution in [2.24, 2.45) is 10.2 Å². The molecule has 10 heteroatoms. The lowest BCUT2D eigenvalue weighted by molar-refractivity contribution is 0.112. The van der Waals surface area contributed by atoms with Crippen LogP contribution in [0.15, 0.2) is 75.9 Å². The van der Waals surface area contributed by atoms with E-state index < -0.39 is 10.1 Å². The van der Waals surface area contributed by atoms with E-state index in [1.165, 1.54) is 12.3 Å². The lowest BCUT2D eigenvalue weighted by Crippen LogP contribution is -2.01. The summed E-state index contributed by atoms with van der Waals surface area (Å²) in [4.78, 5) is 15.6. The summed E-state index contributed by atoms with van der Waals surface area (Å²) in [6.45, 7) is 4.10. The van der Waals surface area contributed by atoms with Crippen LogP contribution in [-0.2, 0) is 10.1 Å². The molecular formula is C25H22N4O5S. The van der Waals surface area contributed by atoms with E-state index in [2.05, 4.69) is 15.2 Å². The summed E-state index contributed by atoms with van der Waals surface area (Å²) in [5.74, 6) is 0.455. The van der Waals surface area contributed by atoms with Crippen LogP contribution < -0.4 is 10.5 Å². The van der Waals surface area contributed by atoms with Crippen molar-refractivity contribution in [2.45, 2.75) is 18.7 Å². The SMILES string of the molecule is CCOc1c(C=O)cc(C)cc1-c1ccc(N=Nc2cc(S(=O)(=O)O)c3ccccc3c2N)cn1. The molecule has 1 aromatic heterocycles. The van der Waals surface area contributed by atoms with Gasteiger partial charge in [0.1, 0.15) is 22.0 Å². The van der Waals surface area contributed by atoms with Crippen molar-refractivity contribution in [1.82, 2.24) is 4.98 Å². The first-order valence-corrected chi connectivity index (χ1v) is 12.1. The fraction of sp³-hybridized carbons (Fsp3) is 0.120. The Kier molecular flexibility index (Phi) is 6.59. The predicted molar refractivity (Wildman–Crippen MR) is 133 cm³/mol. The van der Waals surface area contributed by atoms with Crippen LogP contribution in [0.1, 0.15) is 22.8 Å². The first-order valence-electron chi connectivity index (χ1n) is 10.6. The van der Waals surface area contributed by atoms with Gasteiger partial charge in [-0.25, -0.2) is 0 Å². The minimum atomic E-state index is -4.51. The number of nitrogens with two attached hydrogens (primary N) is 1. The summed E-state index contributed by atoms with van der Waals surface area (Å²) >= 11 is 0. The largest absolute Gasteiger partial charge is 0.492 e. The van der Waals surface area contributed by atoms with E-state index in [4.69, 9.17) is 10.5 Å². The third-order valence-electron chi connectivity index (χ3n) is 5.28. The molecule has 0 unspecified atom stereocenters. The molecule has 35 heavy (non-hydrogen) atoms. The van der Waals surface area contributed by atoms with Crippen LogP contribution in [-0.4, -0.2) is 30.8 Å². The number of nitrogens with zero attached hydrogens (tertiary/aromatic N) is 3. The maximum absolute atomic E-state index is 11.9. The Bertz CT molecular complexity index is 1570. The second kappa shape index (κ2) is 9.61. The molecule has 4 rings (SSSR count). The van der Waals surface area contributed by atoms with Gasteiger partial charge in [-0.3, -0.25) is 14.3 Å². The van der Waals surface area contributed by atoms with Gasteiger partial charge in [-0.15, -0.1) is 10.2 Å². The van der Waals surface area contributed by atoms with E-state index in [0.717, 1.165) is 11.8 Å². The standard InChI is InChI=1S/C25H22N4O5S/c1-3-34-25-16(14-30)10-15(2)11-20(25)21-9-8-17(13-27-21)28-29-22-12-23(35(31,32)33)18-6-4-5-7-19(18)24(22)26/h4-14H,3,26H2,1-2H3,(H,31,32,33). The normalized spacial score (nSPS) is 11.7. The Morgan fingerprint density at radius 3 is 2.46 bits per heavy atom. The zero-order chi connectivity index (χ0) is 25.2. The van der Waals surface area contributed by atoms with E-state index in [9.17, 15) is 17.8 Å². The Morgan fingerprint density at radius 1 is 1.09 bits per heavy atom. The predicted octanol–water partition coefficient (Wildman–Crippen LogP) is 5.67. The zero-order valence-electron chi connectivity index (χ0n) is 19.0. The number of fused-ring (bicyclic) bond motifs is 1. The molecule has 0 spiro atoms. The fourth-order valence-corrected chi connectivity index (χ4v) is 4.46. The minimum absolute atomic E-state index is 0.0911. The lowest BCUT2D eigenvalue weighted by Gasteiger charge is -2.13. The molecule has 0 atom stereocenters. The molecule has 178 valence electrons. The number of benzene rings is 3. The summed E-state index contributed by atoms with van der Waals surface area (Å²) in [7, 11) is -4.51. The van der Waals surface area contributed by atoms with E-state index >= 15 is 0 Å². The van der Waals surface area contributed by atoms with Crippen LogP contribution in [0.4, 0.5) is 17.1 Å². The monoisotopic (exact) mass is 490 g/mol. The Morgan fingerprint density at radius 2 is 1.83 bits per heavy atom. The highest BCUT2D eigenvalue weighted by Crippen LogP contribution is 2.37. The van der Waals surface area contributed by atoms with Gasteiger partial charge < -0.3 is 10.5 Å². The van der Waals surface area contributed by atoms with Crippen molar-refractivity contribution in [3.8, 4) is 17.0 Å². The molecule has 0 amide bonds. The molecule has 0 bridgehead atoms. The summed E-state index contributed by atoms with van der Waals surface area (Å²) in [6.07, 6.45) is 2.23. The molecule has 4 aromatic rings. The quantitative estimate of drug-likeness (QED) is 0.147. The van der Waals surface area contributed by atoms with Crippen molar-refractivity contribution in [1.29, 1.82) is 0 Å². The number of azo groups is 1. The number of carbonyl (C=O) groups is 1. The number of nitrogen functional groups attached to an aromatic ring is 1. The summed E-state index contributed by atoms with van der Waals surface area (Å²) in [5, 5.41) is 8.95. The number of aromatic nitrogens is 1. The molecule has 1 heterocycles. The Hall–Kier alpha value is -4.15. The van der Waals surface area contributed by atoms with Crippen LogP contribution in [0.5, 0.6) is 5.75 Å². The van der Waals surface area contributed by atoms with Gasteiger partial charge in [-0.2, -0.15) is 8.42 Å². The number of ether oxygens (including phenoxy) is 1. The van der Waals surface area contributed by atoms with E-state index in [1.54, 1.807) is 42.5 Å². The van der Waals surface area contributed by atoms with Crippen LogP contribution in [0, 0.1) is 6.92 Å². The Labute approximate surface area is 202 Å². The van der Waals surface area contributed by atoms with Gasteiger partial charge in [-0.1, -0.05) is 24.3 Å². The molecule has 0 aliphatic rings. The lowest BCUT2D eigenvalue weighted by atomic mass is 10.0. The van der Waals surface area contributed by atoms with E-state index in [1.807, 2.05) is 19.9 Å². The second-order valence-electron chi connectivity index (χ2n) is 7.71. The average Bonchev–Trinajstić information content (AvgIpc) is 2.84. The number of anilines is 1. The highest BCUT2D eigenvalue weighted by Gasteiger charge is 2.18. The third-order valence-corrected chi connectivity index (χ3v) is 6.17. The van der Waals surface area contributed by atoms with Gasteiger partial charge >= 0.3 is 0 Å². The van der Waals surface area contributed by atoms with E-state index in [0.29, 0.717) is 40.3 Å². The number of pyridine rings is 1. The van der Waals surface area contributed by atoms with Gasteiger partial charge in [0.05, 0.1) is 29.7 Å². The zero-order valence-corrected chi connectivity index (χ0v) is 19.8. The van der Waals surface area contributed by atoms with Crippen LogP contribution in [0.25, 0.3) is 22.0 Å². The topological polar surface area (TPSA) is 144 Å². The second-order valence-corrected chi connectivity index (χ2v) is 9.10. The molecular weight excluding hydrogens is 468 g/mol. The highest BCUT2D eigenvalue weighted by molar-refractivity contribution is 7.86. The molecule has 0 saturated carbocycles. The average molecular weight is 491 g/mol. The number of hydrogen-bond donors (Lipinski definition) is 2. The fourth-order valence-electron chi connectivity index (χ4n) is 3.75. The number of carbonyl (C=O) groups excluding carboxylic acids is 1. The number of aldehydes is 1. The molecule has 0 saturated heterocycles. The smallest absolute Gasteiger partial charge is 0.295 e. The molecule has 3 N–H and O–H groups in total. The van der Waals surface area contributed by atoms with Crippen LogP contribution >= 0.6 is 0 Å². The molecule has 9 nitrogen and oxygen atoms in total. The maximum atomic E-state index is 11.9. The minimum Gasteiger partial charge on any atom is -0.492 e. The Balaban J connectivity index is 1.72.